The van der Waals surface area contributed by atoms with Crippen LogP contribution in [-0.4, -0.2) is 50.7 Å². The zero-order valence-corrected chi connectivity index (χ0v) is 26.3. The molecule has 4 rings (SSSR count). The van der Waals surface area contributed by atoms with Crippen LogP contribution >= 0.6 is 15.9 Å². The molecule has 0 saturated carbocycles. The maximum Gasteiger partial charge on any atom is 0.335 e. The third kappa shape index (κ3) is 7.56. The van der Waals surface area contributed by atoms with Crippen LogP contribution in [0.2, 0.25) is 0 Å². The van der Waals surface area contributed by atoms with Gasteiger partial charge in [-0.25, -0.2) is 9.69 Å². The number of ether oxygens (including phenoxy) is 4. The first-order chi connectivity index (χ1) is 21.1. The van der Waals surface area contributed by atoms with Gasteiger partial charge in [0.2, 0.25) is 0 Å². The fourth-order valence-corrected chi connectivity index (χ4v) is 4.80. The monoisotopic (exact) mass is 665 g/mol. The van der Waals surface area contributed by atoms with E-state index in [2.05, 4.69) is 26.6 Å². The maximum atomic E-state index is 13.5. The molecule has 1 aliphatic rings. The number of barbiturate groups is 1. The summed E-state index contributed by atoms with van der Waals surface area (Å²) in [5, 5.41) is 4.97. The minimum absolute atomic E-state index is 0.199. The number of anilines is 2. The normalized spacial score (nSPS) is 13.9. The summed E-state index contributed by atoms with van der Waals surface area (Å²) >= 11 is 3.42. The number of amides is 5. The average Bonchev–Trinajstić information content (AvgIpc) is 2.99. The number of hydrogen-bond donors (Lipinski definition) is 2. The molecule has 0 aliphatic carbocycles. The molecule has 0 unspecified atom stereocenters. The number of benzene rings is 3. The highest BCUT2D eigenvalue weighted by molar-refractivity contribution is 9.10. The Kier molecular flexibility index (Phi) is 10.6. The largest absolute Gasteiger partial charge is 0.493 e. The molecule has 12 heteroatoms. The van der Waals surface area contributed by atoms with Crippen molar-refractivity contribution in [2.45, 2.75) is 27.2 Å². The molecule has 3 aromatic carbocycles. The first-order valence-corrected chi connectivity index (χ1v) is 14.6. The number of carbonyl (C=O) groups is 4. The zero-order chi connectivity index (χ0) is 31.8. The number of carbonyl (C=O) groups excluding carboxylic acids is 4. The highest BCUT2D eigenvalue weighted by Crippen LogP contribution is 2.38. The van der Waals surface area contributed by atoms with E-state index in [1.54, 1.807) is 43.3 Å². The Morgan fingerprint density at radius 1 is 0.955 bits per heavy atom. The van der Waals surface area contributed by atoms with Crippen LogP contribution in [0.15, 0.2) is 64.6 Å². The number of halogens is 1. The summed E-state index contributed by atoms with van der Waals surface area (Å²) in [6.45, 7) is 6.23. The predicted octanol–water partition coefficient (Wildman–Crippen LogP) is 5.64. The molecule has 1 fully saturated rings. The highest BCUT2D eigenvalue weighted by Gasteiger charge is 2.37. The summed E-state index contributed by atoms with van der Waals surface area (Å²) in [6.07, 6.45) is 2.12. The van der Waals surface area contributed by atoms with Gasteiger partial charge in [-0.15, -0.1) is 0 Å². The van der Waals surface area contributed by atoms with Crippen LogP contribution in [0.4, 0.5) is 16.2 Å². The van der Waals surface area contributed by atoms with Crippen LogP contribution in [0.25, 0.3) is 6.08 Å². The highest BCUT2D eigenvalue weighted by atomic mass is 79.9. The molecule has 2 N–H and O–H groups in total. The van der Waals surface area contributed by atoms with Gasteiger partial charge in [0, 0.05) is 11.8 Å². The summed E-state index contributed by atoms with van der Waals surface area (Å²) < 4.78 is 23.0. The number of hydrogen-bond acceptors (Lipinski definition) is 8. The van der Waals surface area contributed by atoms with Crippen molar-refractivity contribution in [3.05, 3.63) is 75.8 Å². The fourth-order valence-electron chi connectivity index (χ4n) is 4.23. The summed E-state index contributed by atoms with van der Waals surface area (Å²) in [5.41, 5.74) is 2.02. The second-order valence-corrected chi connectivity index (χ2v) is 10.5. The van der Waals surface area contributed by atoms with Gasteiger partial charge in [0.05, 0.1) is 30.5 Å². The third-order valence-electron chi connectivity index (χ3n) is 6.29. The van der Waals surface area contributed by atoms with Crippen molar-refractivity contribution in [3.8, 4) is 23.0 Å². The predicted molar refractivity (Wildman–Crippen MR) is 168 cm³/mol. The number of methoxy groups -OCH3 is 1. The molecule has 44 heavy (non-hydrogen) atoms. The smallest absolute Gasteiger partial charge is 0.335 e. The van der Waals surface area contributed by atoms with Crippen molar-refractivity contribution in [1.29, 1.82) is 0 Å². The van der Waals surface area contributed by atoms with Gasteiger partial charge < -0.3 is 24.3 Å². The van der Waals surface area contributed by atoms with Crippen LogP contribution in [0, 0.1) is 6.92 Å². The Morgan fingerprint density at radius 3 is 2.39 bits per heavy atom. The summed E-state index contributed by atoms with van der Waals surface area (Å²) in [5.74, 6) is -0.729. The maximum absolute atomic E-state index is 13.5. The lowest BCUT2D eigenvalue weighted by Gasteiger charge is -2.27. The lowest BCUT2D eigenvalue weighted by atomic mass is 10.1. The molecule has 3 aromatic rings. The zero-order valence-electron chi connectivity index (χ0n) is 24.7. The first kappa shape index (κ1) is 32.1. The molecule has 5 amide bonds. The lowest BCUT2D eigenvalue weighted by Crippen LogP contribution is -2.54. The van der Waals surface area contributed by atoms with Gasteiger partial charge in [0.15, 0.2) is 29.6 Å². The first-order valence-electron chi connectivity index (χ1n) is 13.8. The molecule has 0 radical (unpaired) electrons. The fraction of sp³-hybridized carbons (Fsp3) is 0.250. The number of nitrogens with zero attached hydrogens (tertiary/aromatic N) is 1. The Bertz CT molecular complexity index is 1600. The van der Waals surface area contributed by atoms with Gasteiger partial charge in [0.1, 0.15) is 5.57 Å². The van der Waals surface area contributed by atoms with Crippen molar-refractivity contribution in [1.82, 2.24) is 5.32 Å². The van der Waals surface area contributed by atoms with E-state index >= 15 is 0 Å². The number of urea groups is 1. The van der Waals surface area contributed by atoms with E-state index in [4.69, 9.17) is 18.9 Å². The van der Waals surface area contributed by atoms with Crippen molar-refractivity contribution in [2.24, 2.45) is 0 Å². The number of rotatable bonds is 12. The molecular formula is C32H32BrN3O8. The summed E-state index contributed by atoms with van der Waals surface area (Å²) in [4.78, 5) is 52.4. The Labute approximate surface area is 263 Å². The van der Waals surface area contributed by atoms with E-state index < -0.39 is 17.8 Å². The Hall–Kier alpha value is -4.84. The van der Waals surface area contributed by atoms with Gasteiger partial charge in [0.25, 0.3) is 17.7 Å². The van der Waals surface area contributed by atoms with Crippen molar-refractivity contribution < 1.29 is 38.1 Å². The minimum Gasteiger partial charge on any atom is -0.493 e. The number of imide groups is 2. The molecule has 1 aliphatic heterocycles. The summed E-state index contributed by atoms with van der Waals surface area (Å²) in [6, 6.07) is 14.2. The Morgan fingerprint density at radius 2 is 1.70 bits per heavy atom. The van der Waals surface area contributed by atoms with Crippen molar-refractivity contribution in [3.63, 3.8) is 0 Å². The number of aryl methyl sites for hydroxylation is 1. The van der Waals surface area contributed by atoms with Gasteiger partial charge >= 0.3 is 6.03 Å². The summed E-state index contributed by atoms with van der Waals surface area (Å²) in [7, 11) is 1.42. The van der Waals surface area contributed by atoms with E-state index in [0.29, 0.717) is 40.4 Å². The lowest BCUT2D eigenvalue weighted by molar-refractivity contribution is -0.122. The van der Waals surface area contributed by atoms with E-state index in [9.17, 15) is 19.2 Å². The SMILES string of the molecule is CCCOc1ccc(N2C(=O)NC(=O)/C(=C\c3cc(Br)c(OCC(=O)Nc4ccc(C)cc4)c(OC)c3)C2=O)cc1OCC. The van der Waals surface area contributed by atoms with Gasteiger partial charge in [-0.1, -0.05) is 24.6 Å². The van der Waals surface area contributed by atoms with Gasteiger partial charge in [-0.3, -0.25) is 19.7 Å². The third-order valence-corrected chi connectivity index (χ3v) is 6.88. The minimum atomic E-state index is -0.895. The van der Waals surface area contributed by atoms with E-state index in [0.717, 1.165) is 16.9 Å². The van der Waals surface area contributed by atoms with Gasteiger partial charge in [-0.05, 0) is 84.2 Å². The van der Waals surface area contributed by atoms with E-state index in [-0.39, 0.29) is 35.3 Å². The van der Waals surface area contributed by atoms with Gasteiger partial charge in [-0.2, -0.15) is 0 Å². The molecule has 230 valence electrons. The van der Waals surface area contributed by atoms with Crippen LogP contribution in [-0.2, 0) is 14.4 Å². The molecule has 1 saturated heterocycles. The molecule has 11 nitrogen and oxygen atoms in total. The Balaban J connectivity index is 1.57. The van der Waals surface area contributed by atoms with E-state index in [1.807, 2.05) is 26.0 Å². The molecule has 0 atom stereocenters. The molecule has 1 heterocycles. The van der Waals surface area contributed by atoms with Crippen LogP contribution < -0.4 is 34.5 Å². The quantitative estimate of drug-likeness (QED) is 0.188. The second-order valence-electron chi connectivity index (χ2n) is 9.61. The average molecular weight is 667 g/mol. The number of nitrogens with one attached hydrogen (secondary N) is 2. The van der Waals surface area contributed by atoms with E-state index in [1.165, 1.54) is 19.3 Å². The standard InChI is InChI=1S/C32H32BrN3O8/c1-5-13-43-25-12-11-22(17-26(25)42-6-2)36-31(39)23(30(38)35-32(36)40)14-20-15-24(33)29(27(16-20)41-4)44-18-28(37)34-21-9-7-19(3)8-10-21/h7-12,14-17H,5-6,13,18H2,1-4H3,(H,34,37)(H,35,38,40)/b23-14+. The second kappa shape index (κ2) is 14.6. The van der Waals surface area contributed by atoms with Crippen molar-refractivity contribution >= 4 is 57.1 Å². The van der Waals surface area contributed by atoms with Crippen LogP contribution in [0.3, 0.4) is 0 Å². The molecular weight excluding hydrogens is 634 g/mol. The van der Waals surface area contributed by atoms with Crippen LogP contribution in [0.1, 0.15) is 31.4 Å². The molecule has 0 bridgehead atoms. The van der Waals surface area contributed by atoms with Crippen LogP contribution in [0.5, 0.6) is 23.0 Å². The molecule has 0 aromatic heterocycles. The van der Waals surface area contributed by atoms with Crippen molar-refractivity contribution in [2.75, 3.05) is 37.1 Å². The molecule has 0 spiro atoms. The topological polar surface area (TPSA) is 132 Å².